The van der Waals surface area contributed by atoms with Gasteiger partial charge in [0.25, 0.3) is 5.22 Å². The quantitative estimate of drug-likeness (QED) is 0.729. The number of oxazole rings is 1. The maximum Gasteiger partial charge on any atom is 0.263 e. The molecule has 0 atom stereocenters. The summed E-state index contributed by atoms with van der Waals surface area (Å²) < 4.78 is 5.65. The molecule has 104 valence electrons. The number of hydrogen-bond acceptors (Lipinski definition) is 6. The highest BCUT2D eigenvalue weighted by Crippen LogP contribution is 2.32. The van der Waals surface area contributed by atoms with Gasteiger partial charge >= 0.3 is 0 Å². The first-order valence-electron chi connectivity index (χ1n) is 6.29. The lowest BCUT2D eigenvalue weighted by Gasteiger charge is -2.04. The van der Waals surface area contributed by atoms with Crippen LogP contribution in [0.25, 0.3) is 11.1 Å². The summed E-state index contributed by atoms with van der Waals surface area (Å²) in [5.41, 5.74) is 10.0. The van der Waals surface area contributed by atoms with Crippen LogP contribution in [-0.2, 0) is 0 Å². The van der Waals surface area contributed by atoms with E-state index in [9.17, 15) is 5.26 Å². The summed E-state index contributed by atoms with van der Waals surface area (Å²) in [5.74, 6) is 0. The van der Waals surface area contributed by atoms with E-state index in [-0.39, 0.29) is 0 Å². The predicted molar refractivity (Wildman–Crippen MR) is 81.0 cm³/mol. The minimum atomic E-state index is 0.449. The summed E-state index contributed by atoms with van der Waals surface area (Å²) in [6.07, 6.45) is 0. The van der Waals surface area contributed by atoms with Gasteiger partial charge in [-0.15, -0.1) is 0 Å². The topological polar surface area (TPSA) is 88.7 Å². The number of hydrogen-bond donors (Lipinski definition) is 1. The first-order valence-corrected chi connectivity index (χ1v) is 7.11. The third-order valence-corrected chi connectivity index (χ3v) is 3.84. The highest BCUT2D eigenvalue weighted by Gasteiger charge is 2.14. The van der Waals surface area contributed by atoms with Crippen LogP contribution in [0.15, 0.2) is 38.9 Å². The van der Waals surface area contributed by atoms with Gasteiger partial charge in [-0.25, -0.2) is 9.97 Å². The Morgan fingerprint density at radius 1 is 1.24 bits per heavy atom. The van der Waals surface area contributed by atoms with Gasteiger partial charge in [0.15, 0.2) is 5.58 Å². The molecule has 1 aromatic carbocycles. The largest absolute Gasteiger partial charge is 0.431 e. The molecule has 0 aliphatic rings. The van der Waals surface area contributed by atoms with Crippen LogP contribution in [0.4, 0.5) is 5.69 Å². The molecule has 0 amide bonds. The van der Waals surface area contributed by atoms with Crippen molar-refractivity contribution in [3.05, 3.63) is 41.1 Å². The predicted octanol–water partition coefficient (Wildman–Crippen LogP) is 3.44. The molecule has 6 heteroatoms. The average Bonchev–Trinajstić information content (AvgIpc) is 2.79. The Balaban J connectivity index is 2.04. The molecule has 3 aromatic rings. The zero-order valence-electron chi connectivity index (χ0n) is 11.5. The molecule has 0 saturated carbocycles. The summed E-state index contributed by atoms with van der Waals surface area (Å²) in [6.45, 7) is 3.79. The molecule has 0 unspecified atom stereocenters. The van der Waals surface area contributed by atoms with Crippen molar-refractivity contribution in [2.24, 2.45) is 0 Å². The third-order valence-electron chi connectivity index (χ3n) is 3.00. The minimum absolute atomic E-state index is 0.449. The van der Waals surface area contributed by atoms with Gasteiger partial charge in [-0.1, -0.05) is 0 Å². The van der Waals surface area contributed by atoms with Crippen molar-refractivity contribution in [2.45, 2.75) is 24.1 Å². The van der Waals surface area contributed by atoms with Gasteiger partial charge in [0.1, 0.15) is 16.6 Å². The maximum absolute atomic E-state index is 9.27. The Bertz CT molecular complexity index is 879. The highest BCUT2D eigenvalue weighted by atomic mass is 32.2. The molecule has 21 heavy (non-hydrogen) atoms. The summed E-state index contributed by atoms with van der Waals surface area (Å²) in [6, 6.07) is 9.37. The Kier molecular flexibility index (Phi) is 3.28. The SMILES string of the molecule is Cc1cc(C)c(C#N)c(Sc2nc3ccc(N)cc3o2)n1. The Morgan fingerprint density at radius 3 is 2.81 bits per heavy atom. The molecule has 2 aromatic heterocycles. The number of rotatable bonds is 2. The van der Waals surface area contributed by atoms with E-state index in [0.717, 1.165) is 16.8 Å². The summed E-state index contributed by atoms with van der Waals surface area (Å²) in [7, 11) is 0. The van der Waals surface area contributed by atoms with Gasteiger partial charge in [0.05, 0.1) is 5.56 Å². The van der Waals surface area contributed by atoms with Gasteiger partial charge in [-0.3, -0.25) is 0 Å². The minimum Gasteiger partial charge on any atom is -0.431 e. The molecule has 0 radical (unpaired) electrons. The van der Waals surface area contributed by atoms with E-state index in [2.05, 4.69) is 16.0 Å². The lowest BCUT2D eigenvalue weighted by atomic mass is 10.1. The fourth-order valence-corrected chi connectivity index (χ4v) is 3.00. The molecule has 5 nitrogen and oxygen atoms in total. The number of benzene rings is 1. The van der Waals surface area contributed by atoms with Crippen molar-refractivity contribution in [3.8, 4) is 6.07 Å². The van der Waals surface area contributed by atoms with Gasteiger partial charge in [0, 0.05) is 17.4 Å². The van der Waals surface area contributed by atoms with Crippen LogP contribution in [0.5, 0.6) is 0 Å². The Morgan fingerprint density at radius 2 is 2.05 bits per heavy atom. The van der Waals surface area contributed by atoms with E-state index in [1.165, 1.54) is 11.8 Å². The molecule has 0 bridgehead atoms. The van der Waals surface area contributed by atoms with Gasteiger partial charge in [0.2, 0.25) is 0 Å². The maximum atomic E-state index is 9.27. The van der Waals surface area contributed by atoms with Crippen LogP contribution in [-0.4, -0.2) is 9.97 Å². The lowest BCUT2D eigenvalue weighted by molar-refractivity contribution is 0.489. The van der Waals surface area contributed by atoms with Crippen molar-refractivity contribution >= 4 is 28.5 Å². The summed E-state index contributed by atoms with van der Waals surface area (Å²) >= 11 is 1.25. The number of aryl methyl sites for hydroxylation is 2. The Labute approximate surface area is 125 Å². The molecule has 0 fully saturated rings. The van der Waals surface area contributed by atoms with Crippen molar-refractivity contribution in [1.29, 1.82) is 5.26 Å². The molecule has 0 aliphatic carbocycles. The first-order chi connectivity index (χ1) is 10.1. The van der Waals surface area contributed by atoms with Crippen LogP contribution in [0.1, 0.15) is 16.8 Å². The zero-order chi connectivity index (χ0) is 15.0. The number of nitrogens with zero attached hydrogens (tertiary/aromatic N) is 3. The molecule has 2 heterocycles. The Hall–Kier alpha value is -2.52. The van der Waals surface area contributed by atoms with E-state index in [0.29, 0.717) is 27.1 Å². The van der Waals surface area contributed by atoms with Crippen LogP contribution in [0.3, 0.4) is 0 Å². The standard InChI is InChI=1S/C15H12N4OS/c1-8-5-9(2)18-14(11(8)7-16)21-15-19-12-4-3-10(17)6-13(12)20-15/h3-6H,17H2,1-2H3. The second kappa shape index (κ2) is 5.11. The second-order valence-corrected chi connectivity index (χ2v) is 5.62. The highest BCUT2D eigenvalue weighted by molar-refractivity contribution is 7.99. The van der Waals surface area contributed by atoms with Crippen molar-refractivity contribution in [3.63, 3.8) is 0 Å². The monoisotopic (exact) mass is 296 g/mol. The number of pyridine rings is 1. The van der Waals surface area contributed by atoms with Crippen molar-refractivity contribution in [2.75, 3.05) is 5.73 Å². The molecule has 0 aliphatic heterocycles. The third kappa shape index (κ3) is 2.56. The zero-order valence-corrected chi connectivity index (χ0v) is 12.4. The van der Waals surface area contributed by atoms with E-state index in [1.807, 2.05) is 19.9 Å². The van der Waals surface area contributed by atoms with Crippen LogP contribution in [0.2, 0.25) is 0 Å². The molecule has 2 N–H and O–H groups in total. The van der Waals surface area contributed by atoms with E-state index < -0.39 is 0 Å². The molecular formula is C15H12N4OS. The van der Waals surface area contributed by atoms with E-state index in [1.54, 1.807) is 18.2 Å². The fourth-order valence-electron chi connectivity index (χ4n) is 2.06. The number of nitrogen functional groups attached to an aromatic ring is 1. The fraction of sp³-hybridized carbons (Fsp3) is 0.133. The molecular weight excluding hydrogens is 284 g/mol. The van der Waals surface area contributed by atoms with Crippen LogP contribution < -0.4 is 5.73 Å². The van der Waals surface area contributed by atoms with Gasteiger partial charge < -0.3 is 10.2 Å². The lowest BCUT2D eigenvalue weighted by Crippen LogP contribution is -1.94. The van der Waals surface area contributed by atoms with E-state index >= 15 is 0 Å². The van der Waals surface area contributed by atoms with Crippen molar-refractivity contribution in [1.82, 2.24) is 9.97 Å². The molecule has 3 rings (SSSR count). The van der Waals surface area contributed by atoms with E-state index in [4.69, 9.17) is 10.2 Å². The number of aromatic nitrogens is 2. The van der Waals surface area contributed by atoms with Crippen LogP contribution >= 0.6 is 11.8 Å². The smallest absolute Gasteiger partial charge is 0.263 e. The van der Waals surface area contributed by atoms with Crippen molar-refractivity contribution < 1.29 is 4.42 Å². The molecule has 0 spiro atoms. The van der Waals surface area contributed by atoms with Crippen LogP contribution in [0, 0.1) is 25.2 Å². The summed E-state index contributed by atoms with van der Waals surface area (Å²) in [5, 5.41) is 10.3. The molecule has 0 saturated heterocycles. The first kappa shape index (κ1) is 13.5. The average molecular weight is 296 g/mol. The normalized spacial score (nSPS) is 10.7. The van der Waals surface area contributed by atoms with Gasteiger partial charge in [-0.2, -0.15) is 5.26 Å². The van der Waals surface area contributed by atoms with Gasteiger partial charge in [-0.05, 0) is 49.4 Å². The second-order valence-electron chi connectivity index (χ2n) is 4.68. The summed E-state index contributed by atoms with van der Waals surface area (Å²) in [4.78, 5) is 8.78. The number of nitrogens with two attached hydrogens (primary N) is 1. The number of anilines is 1. The number of nitriles is 1. The number of fused-ring (bicyclic) bond motifs is 1.